The van der Waals surface area contributed by atoms with Crippen LogP contribution in [0.1, 0.15) is 41.5 Å². The van der Waals surface area contributed by atoms with Crippen molar-refractivity contribution in [1.29, 1.82) is 0 Å². The summed E-state index contributed by atoms with van der Waals surface area (Å²) in [4.78, 5) is 0. The third-order valence-electron chi connectivity index (χ3n) is 4.64. The Labute approximate surface area is 155 Å². The Kier molecular flexibility index (Phi) is 5.89. The van der Waals surface area contributed by atoms with Crippen molar-refractivity contribution in [2.24, 2.45) is 0 Å². The molecule has 152 valence electrons. The lowest BCUT2D eigenvalue weighted by Gasteiger charge is -2.28. The van der Waals surface area contributed by atoms with Crippen molar-refractivity contribution in [3.8, 4) is 0 Å². The molecule has 0 amide bonds. The predicted molar refractivity (Wildman–Crippen MR) is 93.1 cm³/mol. The van der Waals surface area contributed by atoms with Crippen molar-refractivity contribution in [3.63, 3.8) is 0 Å². The van der Waals surface area contributed by atoms with Crippen LogP contribution < -0.4 is 0 Å². The van der Waals surface area contributed by atoms with E-state index in [1.165, 1.54) is 0 Å². The Balaban J connectivity index is 1.77. The van der Waals surface area contributed by atoms with Crippen LogP contribution in [0.25, 0.3) is 0 Å². The van der Waals surface area contributed by atoms with Crippen molar-refractivity contribution < 1.29 is 37.3 Å². The van der Waals surface area contributed by atoms with Crippen LogP contribution in [0.5, 0.6) is 0 Å². The van der Waals surface area contributed by atoms with Crippen LogP contribution >= 0.6 is 7.60 Å². The van der Waals surface area contributed by atoms with Crippen LogP contribution in [-0.4, -0.2) is 68.1 Å². The minimum atomic E-state index is -3.28. The topological polar surface area (TPSA) is 81.7 Å². The van der Waals surface area contributed by atoms with E-state index in [1.807, 2.05) is 27.7 Å². The molecule has 0 unspecified atom stereocenters. The normalized spacial score (nSPS) is 38.6. The molecular formula is C17H31O8P. The minimum Gasteiger partial charge on any atom is -0.366 e. The summed E-state index contributed by atoms with van der Waals surface area (Å²) >= 11 is 0. The van der Waals surface area contributed by atoms with Gasteiger partial charge in [0.2, 0.25) is 0 Å². The fourth-order valence-electron chi connectivity index (χ4n) is 3.80. The van der Waals surface area contributed by atoms with E-state index in [1.54, 1.807) is 13.8 Å². The highest BCUT2D eigenvalue weighted by Crippen LogP contribution is 2.52. The molecule has 3 saturated heterocycles. The van der Waals surface area contributed by atoms with Crippen molar-refractivity contribution in [1.82, 2.24) is 0 Å². The van der Waals surface area contributed by atoms with Crippen LogP contribution in [0.2, 0.25) is 0 Å². The first kappa shape index (κ1) is 20.7. The average Bonchev–Trinajstić information content (AvgIpc) is 3.11. The molecule has 0 N–H and O–H groups in total. The van der Waals surface area contributed by atoms with Crippen molar-refractivity contribution >= 4 is 7.60 Å². The Morgan fingerprint density at radius 3 is 2.08 bits per heavy atom. The monoisotopic (exact) mass is 394 g/mol. The number of fused-ring (bicyclic) bond motifs is 1. The molecule has 0 radical (unpaired) electrons. The lowest BCUT2D eigenvalue weighted by Crippen LogP contribution is -2.40. The van der Waals surface area contributed by atoms with Crippen molar-refractivity contribution in [2.75, 3.05) is 26.0 Å². The van der Waals surface area contributed by atoms with Crippen LogP contribution in [0.15, 0.2) is 0 Å². The number of hydrogen-bond donors (Lipinski definition) is 0. The third-order valence-corrected chi connectivity index (χ3v) is 6.75. The smallest absolute Gasteiger partial charge is 0.333 e. The molecule has 0 aromatic carbocycles. The van der Waals surface area contributed by atoms with E-state index in [0.717, 1.165) is 0 Å². The van der Waals surface area contributed by atoms with E-state index in [9.17, 15) is 4.57 Å². The second-order valence-electron chi connectivity index (χ2n) is 7.70. The van der Waals surface area contributed by atoms with Crippen molar-refractivity contribution in [3.05, 3.63) is 0 Å². The standard InChI is InChI=1S/C17H31O8P/c1-7-20-26(18,21-8-2)10-12-14-15(25-17(5,6)24-14)13(22-12)11-9-19-16(3,4)23-11/h11-15H,7-10H2,1-6H3/t11-,12-,13+,14+,15-/m0/s1. The Morgan fingerprint density at radius 1 is 0.923 bits per heavy atom. The van der Waals surface area contributed by atoms with Gasteiger partial charge in [-0.15, -0.1) is 0 Å². The maximum Gasteiger partial charge on any atom is 0.333 e. The highest BCUT2D eigenvalue weighted by molar-refractivity contribution is 7.53. The summed E-state index contributed by atoms with van der Waals surface area (Å²) in [5.74, 6) is -1.41. The maximum atomic E-state index is 13.0. The Morgan fingerprint density at radius 2 is 1.54 bits per heavy atom. The van der Waals surface area contributed by atoms with Gasteiger partial charge in [-0.05, 0) is 41.5 Å². The molecule has 0 spiro atoms. The summed E-state index contributed by atoms with van der Waals surface area (Å²) < 4.78 is 53.8. The molecule has 26 heavy (non-hydrogen) atoms. The molecule has 0 aromatic heterocycles. The van der Waals surface area contributed by atoms with Gasteiger partial charge in [0.25, 0.3) is 0 Å². The van der Waals surface area contributed by atoms with E-state index in [-0.39, 0.29) is 30.6 Å². The van der Waals surface area contributed by atoms with Gasteiger partial charge in [-0.25, -0.2) is 0 Å². The number of ether oxygens (including phenoxy) is 5. The molecule has 3 rings (SSSR count). The number of rotatable bonds is 7. The maximum absolute atomic E-state index is 13.0. The van der Waals surface area contributed by atoms with Gasteiger partial charge in [-0.1, -0.05) is 0 Å². The molecule has 3 aliphatic rings. The molecule has 0 aliphatic carbocycles. The second-order valence-corrected chi connectivity index (χ2v) is 9.80. The second kappa shape index (κ2) is 7.41. The molecule has 5 atom stereocenters. The van der Waals surface area contributed by atoms with Crippen LogP contribution in [-0.2, 0) is 37.3 Å². The molecule has 0 aromatic rings. The highest BCUT2D eigenvalue weighted by Gasteiger charge is 2.59. The Bertz CT molecular complexity index is 541. The van der Waals surface area contributed by atoms with E-state index < -0.39 is 25.3 Å². The zero-order valence-electron chi connectivity index (χ0n) is 16.4. The van der Waals surface area contributed by atoms with Gasteiger partial charge in [0.15, 0.2) is 11.6 Å². The van der Waals surface area contributed by atoms with Gasteiger partial charge in [0.1, 0.15) is 24.4 Å². The van der Waals surface area contributed by atoms with Gasteiger partial charge in [-0.3, -0.25) is 4.57 Å². The van der Waals surface area contributed by atoms with E-state index in [2.05, 4.69) is 0 Å². The summed E-state index contributed by atoms with van der Waals surface area (Å²) in [5.41, 5.74) is 0. The van der Waals surface area contributed by atoms with E-state index in [0.29, 0.717) is 19.8 Å². The average molecular weight is 394 g/mol. The molecule has 3 fully saturated rings. The largest absolute Gasteiger partial charge is 0.366 e. The lowest BCUT2D eigenvalue weighted by molar-refractivity contribution is -0.204. The summed E-state index contributed by atoms with van der Waals surface area (Å²) in [6.45, 7) is 12.0. The summed E-state index contributed by atoms with van der Waals surface area (Å²) in [6, 6.07) is 0. The quantitative estimate of drug-likeness (QED) is 0.610. The fraction of sp³-hybridized carbons (Fsp3) is 1.00. The Hall–Kier alpha value is -0.0500. The zero-order valence-corrected chi connectivity index (χ0v) is 17.3. The summed E-state index contributed by atoms with van der Waals surface area (Å²) in [7, 11) is -3.28. The van der Waals surface area contributed by atoms with Gasteiger partial charge in [-0.2, -0.15) is 0 Å². The number of hydrogen-bond acceptors (Lipinski definition) is 8. The molecule has 8 nitrogen and oxygen atoms in total. The van der Waals surface area contributed by atoms with Crippen LogP contribution in [0.4, 0.5) is 0 Å². The van der Waals surface area contributed by atoms with Gasteiger partial charge in [0.05, 0.1) is 32.1 Å². The summed E-state index contributed by atoms with van der Waals surface area (Å²) in [6.07, 6.45) is -1.69. The molecule has 0 bridgehead atoms. The molecular weight excluding hydrogens is 363 g/mol. The first-order valence-electron chi connectivity index (χ1n) is 9.29. The van der Waals surface area contributed by atoms with Crippen LogP contribution in [0, 0.1) is 0 Å². The molecule has 3 heterocycles. The summed E-state index contributed by atoms with van der Waals surface area (Å²) in [5, 5.41) is 0. The van der Waals surface area contributed by atoms with Crippen molar-refractivity contribution in [2.45, 2.75) is 83.6 Å². The molecule has 9 heteroatoms. The minimum absolute atomic E-state index is 0.114. The zero-order chi connectivity index (χ0) is 19.2. The molecule has 3 aliphatic heterocycles. The van der Waals surface area contributed by atoms with E-state index >= 15 is 0 Å². The third kappa shape index (κ3) is 4.33. The predicted octanol–water partition coefficient (Wildman–Crippen LogP) is 2.69. The van der Waals surface area contributed by atoms with Gasteiger partial charge < -0.3 is 32.7 Å². The van der Waals surface area contributed by atoms with Gasteiger partial charge in [0, 0.05) is 0 Å². The SMILES string of the molecule is CCOP(=O)(C[C@@H]1O[C@H]([C@@H]2COC(C)(C)O2)[C@@H]2OC(C)(C)O[C@@H]21)OCC. The van der Waals surface area contributed by atoms with Crippen LogP contribution in [0.3, 0.4) is 0 Å². The first-order chi connectivity index (χ1) is 12.1. The van der Waals surface area contributed by atoms with E-state index in [4.69, 9.17) is 32.7 Å². The fourth-order valence-corrected chi connectivity index (χ4v) is 5.60. The highest BCUT2D eigenvalue weighted by atomic mass is 31.2. The molecule has 0 saturated carbocycles. The first-order valence-corrected chi connectivity index (χ1v) is 11.0. The lowest BCUT2D eigenvalue weighted by atomic mass is 10.0. The van der Waals surface area contributed by atoms with Gasteiger partial charge >= 0.3 is 7.60 Å².